The van der Waals surface area contributed by atoms with E-state index in [-0.39, 0.29) is 0 Å². The highest BCUT2D eigenvalue weighted by atomic mass is 28.1. The van der Waals surface area contributed by atoms with Crippen LogP contribution in [0.1, 0.15) is 32.1 Å². The van der Waals surface area contributed by atoms with E-state index in [1.165, 1.54) is 32.1 Å². The smallest absolute Gasteiger partial charge is 0.0313 e. The molecule has 2 saturated carbocycles. The largest absolute Gasteiger partial charge is 0.0505 e. The lowest BCUT2D eigenvalue weighted by molar-refractivity contribution is 0.491. The van der Waals surface area contributed by atoms with E-state index in [1.54, 1.807) is 0 Å². The van der Waals surface area contributed by atoms with Gasteiger partial charge in [0, 0.05) is 10.2 Å². The molecule has 0 atom stereocenters. The van der Waals surface area contributed by atoms with Crippen molar-refractivity contribution >= 4 is 10.2 Å². The normalized spacial score (nSPS) is 52.9. The van der Waals surface area contributed by atoms with E-state index >= 15 is 0 Å². The fourth-order valence-corrected chi connectivity index (χ4v) is 2.77. The summed E-state index contributed by atoms with van der Waals surface area (Å²) < 4.78 is 0. The zero-order valence-corrected chi connectivity index (χ0v) is 6.11. The molecule has 2 fully saturated rings. The van der Waals surface area contributed by atoms with Crippen LogP contribution in [0.3, 0.4) is 0 Å². The van der Waals surface area contributed by atoms with Crippen molar-refractivity contribution in [2.75, 3.05) is 0 Å². The molecule has 0 heterocycles. The molecule has 0 aromatic heterocycles. The molecule has 3 radical (unpaired) electrons. The second kappa shape index (κ2) is 1.38. The third kappa shape index (κ3) is 0.571. The van der Waals surface area contributed by atoms with Crippen molar-refractivity contribution in [2.24, 2.45) is 5.92 Å². The Morgan fingerprint density at radius 3 is 2.00 bits per heavy atom. The Kier molecular flexibility index (Phi) is 0.869. The van der Waals surface area contributed by atoms with Crippen LogP contribution in [0, 0.1) is 5.92 Å². The van der Waals surface area contributed by atoms with Gasteiger partial charge >= 0.3 is 0 Å². The first-order valence-electron chi connectivity index (χ1n) is 3.54. The Bertz CT molecular complexity index is 101. The van der Waals surface area contributed by atoms with Crippen LogP contribution in [0.15, 0.2) is 0 Å². The molecule has 0 saturated heterocycles. The standard InChI is InChI=1S/C7H11Si/c8-7-3-1-6(5-7)2-4-7/h6H,1-5H2. The molecule has 0 unspecified atom stereocenters. The minimum Gasteiger partial charge on any atom is -0.0505 e. The first kappa shape index (κ1) is 5.04. The fraction of sp³-hybridized carbons (Fsp3) is 1.00. The molecule has 2 bridgehead atoms. The first-order chi connectivity index (χ1) is 3.79. The summed E-state index contributed by atoms with van der Waals surface area (Å²) in [6.45, 7) is 0. The molecule has 0 spiro atoms. The summed E-state index contributed by atoms with van der Waals surface area (Å²) in [5, 5.41) is 0.616. The van der Waals surface area contributed by atoms with Gasteiger partial charge in [-0.3, -0.25) is 0 Å². The zero-order valence-electron chi connectivity index (χ0n) is 5.11. The maximum Gasteiger partial charge on any atom is 0.0313 e. The molecule has 0 nitrogen and oxygen atoms in total. The second-order valence-electron chi connectivity index (χ2n) is 3.43. The van der Waals surface area contributed by atoms with Crippen LogP contribution in [-0.2, 0) is 0 Å². The molecule has 0 aromatic rings. The van der Waals surface area contributed by atoms with Crippen LogP contribution in [0.5, 0.6) is 0 Å². The van der Waals surface area contributed by atoms with Crippen molar-refractivity contribution in [3.8, 4) is 0 Å². The van der Waals surface area contributed by atoms with E-state index in [0.717, 1.165) is 5.92 Å². The van der Waals surface area contributed by atoms with Crippen LogP contribution < -0.4 is 0 Å². The van der Waals surface area contributed by atoms with Crippen LogP contribution in [0.2, 0.25) is 5.04 Å². The third-order valence-corrected chi connectivity index (χ3v) is 3.45. The maximum atomic E-state index is 3.84. The average molecular weight is 123 g/mol. The van der Waals surface area contributed by atoms with Gasteiger partial charge in [0.2, 0.25) is 0 Å². The fourth-order valence-electron chi connectivity index (χ4n) is 2.19. The highest BCUT2D eigenvalue weighted by molar-refractivity contribution is 6.15. The van der Waals surface area contributed by atoms with Crippen molar-refractivity contribution in [1.29, 1.82) is 0 Å². The van der Waals surface area contributed by atoms with Crippen LogP contribution >= 0.6 is 0 Å². The Balaban J connectivity index is 2.19. The highest BCUT2D eigenvalue weighted by Gasteiger charge is 2.40. The summed E-state index contributed by atoms with van der Waals surface area (Å²) >= 11 is 0. The quantitative estimate of drug-likeness (QED) is 0.432. The second-order valence-corrected chi connectivity index (χ2v) is 4.49. The number of fused-ring (bicyclic) bond motifs is 2. The lowest BCUT2D eigenvalue weighted by atomic mass is 10.0. The van der Waals surface area contributed by atoms with Gasteiger partial charge in [-0.15, -0.1) is 0 Å². The van der Waals surface area contributed by atoms with E-state index in [9.17, 15) is 0 Å². The monoisotopic (exact) mass is 123 g/mol. The van der Waals surface area contributed by atoms with Crippen molar-refractivity contribution in [3.05, 3.63) is 0 Å². The summed E-state index contributed by atoms with van der Waals surface area (Å²) in [5.74, 6) is 1.09. The average Bonchev–Trinajstić information content (AvgIpc) is 2.21. The topological polar surface area (TPSA) is 0 Å². The van der Waals surface area contributed by atoms with E-state index in [2.05, 4.69) is 10.2 Å². The molecule has 0 aromatic carbocycles. The minimum absolute atomic E-state index is 0.616. The van der Waals surface area contributed by atoms with E-state index in [0.29, 0.717) is 5.04 Å². The third-order valence-electron chi connectivity index (χ3n) is 2.74. The number of rotatable bonds is 0. The van der Waals surface area contributed by atoms with Crippen molar-refractivity contribution in [3.63, 3.8) is 0 Å². The summed E-state index contributed by atoms with van der Waals surface area (Å²) in [6.07, 6.45) is 7.32. The molecule has 2 aliphatic rings. The summed E-state index contributed by atoms with van der Waals surface area (Å²) in [6, 6.07) is 0. The molecule has 2 rings (SSSR count). The van der Waals surface area contributed by atoms with Crippen molar-refractivity contribution in [1.82, 2.24) is 0 Å². The van der Waals surface area contributed by atoms with E-state index in [1.807, 2.05) is 0 Å². The van der Waals surface area contributed by atoms with Gasteiger partial charge in [0.15, 0.2) is 0 Å². The highest BCUT2D eigenvalue weighted by Crippen LogP contribution is 2.57. The van der Waals surface area contributed by atoms with Gasteiger partial charge in [0.05, 0.1) is 0 Å². The summed E-state index contributed by atoms with van der Waals surface area (Å²) in [5.41, 5.74) is 0. The predicted octanol–water partition coefficient (Wildman–Crippen LogP) is 1.91. The maximum absolute atomic E-state index is 3.84. The van der Waals surface area contributed by atoms with Gasteiger partial charge in [0.1, 0.15) is 0 Å². The molecule has 0 N–H and O–H groups in total. The minimum atomic E-state index is 0.616. The molecular formula is C7H11Si. The van der Waals surface area contributed by atoms with Crippen molar-refractivity contribution in [2.45, 2.75) is 37.1 Å². The first-order valence-corrected chi connectivity index (χ1v) is 4.04. The predicted molar refractivity (Wildman–Crippen MR) is 35.0 cm³/mol. The van der Waals surface area contributed by atoms with Gasteiger partial charge in [-0.1, -0.05) is 25.7 Å². The van der Waals surface area contributed by atoms with Gasteiger partial charge in [-0.25, -0.2) is 0 Å². The Morgan fingerprint density at radius 1 is 1.25 bits per heavy atom. The van der Waals surface area contributed by atoms with Gasteiger partial charge in [-0.05, 0) is 17.4 Å². The van der Waals surface area contributed by atoms with Crippen LogP contribution in [0.4, 0.5) is 0 Å². The molecule has 0 amide bonds. The SMILES string of the molecule is [Si]C12CCC(CC1)C2. The molecule has 43 valence electrons. The molecule has 2 aliphatic carbocycles. The molecule has 1 heteroatoms. The molecular weight excluding hydrogens is 112 g/mol. The lowest BCUT2D eigenvalue weighted by Crippen LogP contribution is -2.03. The number of hydrogen-bond acceptors (Lipinski definition) is 0. The zero-order chi connectivity index (χ0) is 5.61. The Morgan fingerprint density at radius 2 is 1.88 bits per heavy atom. The van der Waals surface area contributed by atoms with Gasteiger partial charge in [0.25, 0.3) is 0 Å². The summed E-state index contributed by atoms with van der Waals surface area (Å²) in [4.78, 5) is 0. The summed E-state index contributed by atoms with van der Waals surface area (Å²) in [7, 11) is 3.84. The number of hydrogen-bond donors (Lipinski definition) is 0. The van der Waals surface area contributed by atoms with Gasteiger partial charge < -0.3 is 0 Å². The Labute approximate surface area is 54.1 Å². The van der Waals surface area contributed by atoms with E-state index in [4.69, 9.17) is 0 Å². The van der Waals surface area contributed by atoms with Crippen LogP contribution in [-0.4, -0.2) is 10.2 Å². The van der Waals surface area contributed by atoms with E-state index < -0.39 is 0 Å². The van der Waals surface area contributed by atoms with Crippen LogP contribution in [0.25, 0.3) is 0 Å². The Hall–Kier alpha value is 0.217. The molecule has 8 heavy (non-hydrogen) atoms. The van der Waals surface area contributed by atoms with Gasteiger partial charge in [-0.2, -0.15) is 0 Å². The van der Waals surface area contributed by atoms with Crippen molar-refractivity contribution < 1.29 is 0 Å². The lowest BCUT2D eigenvalue weighted by Gasteiger charge is -2.18. The molecule has 0 aliphatic heterocycles.